The maximum absolute atomic E-state index is 12.6. The molecule has 0 aliphatic heterocycles. The normalized spacial score (nSPS) is 14.7. The molecule has 0 saturated heterocycles. The number of hydrogen-bond acceptors (Lipinski definition) is 7. The van der Waals surface area contributed by atoms with Crippen LogP contribution in [0.15, 0.2) is 109 Å². The van der Waals surface area contributed by atoms with Gasteiger partial charge in [-0.1, -0.05) is 155 Å². The third-order valence-corrected chi connectivity index (χ3v) is 9.40. The summed E-state index contributed by atoms with van der Waals surface area (Å²) >= 11 is 0. The quantitative estimate of drug-likeness (QED) is 0.0165. The number of ether oxygens (including phenoxy) is 2. The number of quaternary nitrogens is 1. The summed E-state index contributed by atoms with van der Waals surface area (Å²) in [6.07, 6.45) is 53.0. The third kappa shape index (κ3) is 42.3. The summed E-state index contributed by atoms with van der Waals surface area (Å²) in [7, 11) is 1.40. The summed E-state index contributed by atoms with van der Waals surface area (Å²) in [5, 5.41) is 0. The molecule has 0 heterocycles. The highest BCUT2D eigenvalue weighted by molar-refractivity contribution is 7.47. The minimum absolute atomic E-state index is 0.00788. The summed E-state index contributed by atoms with van der Waals surface area (Å²) in [4.78, 5) is 35.3. The number of esters is 2. The summed E-state index contributed by atoms with van der Waals surface area (Å²) in [5.74, 6) is -0.920. The highest BCUT2D eigenvalue weighted by atomic mass is 31.2. The standard InChI is InChI=1S/C48H78NO8P/c1-6-8-10-12-14-16-18-20-21-22-23-24-25-26-27-29-30-32-34-36-38-40-47(50)54-44-46(45-56-58(52,53)55-43-42-49(3,4)5)57-48(51)41-39-37-35-33-31-28-19-17-15-13-11-9-7-2/h9,11,13-17,19-21,23-24,26-28,31,33,35,46H,6-8,10,12,18,22,25,29-30,32,34,36-45H2,1-5H3/p+1/b11-9+,15-13+,16-14+,19-17+,21-20+,24-23+,27-26+,31-28+,35-33+. The summed E-state index contributed by atoms with van der Waals surface area (Å²) in [5.41, 5.74) is 0. The molecular weight excluding hydrogens is 750 g/mol. The van der Waals surface area contributed by atoms with Gasteiger partial charge in [0, 0.05) is 12.8 Å². The van der Waals surface area contributed by atoms with Crippen LogP contribution in [0.2, 0.25) is 0 Å². The van der Waals surface area contributed by atoms with Crippen LogP contribution < -0.4 is 0 Å². The Kier molecular flexibility index (Phi) is 36.9. The molecule has 0 saturated carbocycles. The van der Waals surface area contributed by atoms with E-state index >= 15 is 0 Å². The van der Waals surface area contributed by atoms with Crippen molar-refractivity contribution in [3.63, 3.8) is 0 Å². The van der Waals surface area contributed by atoms with Gasteiger partial charge in [0.25, 0.3) is 0 Å². The lowest BCUT2D eigenvalue weighted by Crippen LogP contribution is -2.37. The largest absolute Gasteiger partial charge is 0.472 e. The summed E-state index contributed by atoms with van der Waals surface area (Å²) in [6, 6.07) is 0. The van der Waals surface area contributed by atoms with E-state index in [2.05, 4.69) is 68.5 Å². The molecule has 0 rings (SSSR count). The number of carbonyl (C=O) groups is 2. The lowest BCUT2D eigenvalue weighted by Gasteiger charge is -2.24. The van der Waals surface area contributed by atoms with E-state index in [9.17, 15) is 19.0 Å². The van der Waals surface area contributed by atoms with Gasteiger partial charge in [0.05, 0.1) is 27.7 Å². The van der Waals surface area contributed by atoms with Crippen LogP contribution >= 0.6 is 7.82 Å². The monoisotopic (exact) mass is 829 g/mol. The molecule has 0 spiro atoms. The number of phosphoric acid groups is 1. The molecule has 0 aromatic rings. The van der Waals surface area contributed by atoms with E-state index < -0.39 is 32.5 Å². The average Bonchev–Trinajstić information content (AvgIpc) is 3.17. The first kappa shape index (κ1) is 54.7. The molecule has 0 aliphatic carbocycles. The van der Waals surface area contributed by atoms with E-state index in [4.69, 9.17) is 18.5 Å². The Bertz CT molecular complexity index is 1350. The van der Waals surface area contributed by atoms with Gasteiger partial charge >= 0.3 is 19.8 Å². The predicted octanol–water partition coefficient (Wildman–Crippen LogP) is 12.3. The van der Waals surface area contributed by atoms with Crippen LogP contribution in [0, 0.1) is 0 Å². The van der Waals surface area contributed by atoms with Crippen molar-refractivity contribution in [2.45, 2.75) is 136 Å². The predicted molar refractivity (Wildman–Crippen MR) is 242 cm³/mol. The maximum Gasteiger partial charge on any atom is 0.472 e. The van der Waals surface area contributed by atoms with Crippen molar-refractivity contribution >= 4 is 19.8 Å². The van der Waals surface area contributed by atoms with E-state index in [-0.39, 0.29) is 26.1 Å². The van der Waals surface area contributed by atoms with Crippen molar-refractivity contribution in [1.29, 1.82) is 0 Å². The molecule has 58 heavy (non-hydrogen) atoms. The number of phosphoric ester groups is 1. The van der Waals surface area contributed by atoms with Gasteiger partial charge in [0.15, 0.2) is 6.10 Å². The molecule has 0 bridgehead atoms. The maximum atomic E-state index is 12.6. The van der Waals surface area contributed by atoms with E-state index in [1.54, 1.807) is 0 Å². The SMILES string of the molecule is CC/C=C/C=C/C=C/C=C/C=C/CCCC(=O)OC(COC(=O)CCCCCCC/C=C/C/C=C/C/C=C/C/C=C/CCCCC)COP(=O)(O)OCC[N+](C)(C)C. The van der Waals surface area contributed by atoms with Crippen molar-refractivity contribution in [2.75, 3.05) is 47.5 Å². The number of carbonyl (C=O) groups excluding carboxylic acids is 2. The smallest absolute Gasteiger partial charge is 0.462 e. The fourth-order valence-corrected chi connectivity index (χ4v) is 5.77. The van der Waals surface area contributed by atoms with Crippen LogP contribution in [0.1, 0.15) is 129 Å². The van der Waals surface area contributed by atoms with Crippen LogP contribution in [0.4, 0.5) is 0 Å². The van der Waals surface area contributed by atoms with Gasteiger partial charge in [0.2, 0.25) is 0 Å². The number of allylic oxidation sites excluding steroid dienone is 18. The molecule has 0 radical (unpaired) electrons. The second-order valence-corrected chi connectivity index (χ2v) is 16.6. The summed E-state index contributed by atoms with van der Waals surface area (Å²) in [6.45, 7) is 4.10. The first-order valence-corrected chi connectivity index (χ1v) is 23.2. The topological polar surface area (TPSA) is 108 Å². The highest BCUT2D eigenvalue weighted by Gasteiger charge is 2.27. The number of rotatable bonds is 37. The number of unbranched alkanes of at least 4 members (excludes halogenated alkanes) is 9. The van der Waals surface area contributed by atoms with Crippen molar-refractivity contribution in [3.8, 4) is 0 Å². The third-order valence-electron chi connectivity index (χ3n) is 8.41. The molecule has 0 aliphatic rings. The van der Waals surface area contributed by atoms with Crippen molar-refractivity contribution in [3.05, 3.63) is 109 Å². The number of likely N-dealkylation sites (N-methyl/N-ethyl adjacent to an activating group) is 1. The second kappa shape index (κ2) is 39.1. The molecule has 9 nitrogen and oxygen atoms in total. The zero-order valence-corrected chi connectivity index (χ0v) is 37.6. The van der Waals surface area contributed by atoms with Gasteiger partial charge in [-0.05, 0) is 70.6 Å². The molecule has 0 fully saturated rings. The van der Waals surface area contributed by atoms with Crippen LogP contribution in [0.5, 0.6) is 0 Å². The minimum Gasteiger partial charge on any atom is -0.462 e. The molecule has 328 valence electrons. The molecule has 0 aromatic heterocycles. The Morgan fingerprint density at radius 3 is 1.66 bits per heavy atom. The van der Waals surface area contributed by atoms with Crippen molar-refractivity contribution in [1.82, 2.24) is 0 Å². The van der Waals surface area contributed by atoms with E-state index in [1.165, 1.54) is 25.7 Å². The first-order valence-electron chi connectivity index (χ1n) is 21.7. The molecule has 2 unspecified atom stereocenters. The Morgan fingerprint density at radius 2 is 1.07 bits per heavy atom. The van der Waals surface area contributed by atoms with E-state index in [0.29, 0.717) is 30.3 Å². The Balaban J connectivity index is 4.48. The molecule has 10 heteroatoms. The van der Waals surface area contributed by atoms with Crippen LogP contribution in [0.25, 0.3) is 0 Å². The van der Waals surface area contributed by atoms with Gasteiger partial charge in [-0.25, -0.2) is 4.57 Å². The molecule has 0 amide bonds. The lowest BCUT2D eigenvalue weighted by atomic mass is 10.1. The minimum atomic E-state index is -4.41. The molecule has 1 N–H and O–H groups in total. The van der Waals surface area contributed by atoms with Gasteiger partial charge < -0.3 is 18.9 Å². The number of hydrogen-bond donors (Lipinski definition) is 1. The van der Waals surface area contributed by atoms with Crippen LogP contribution in [-0.4, -0.2) is 74.9 Å². The second-order valence-electron chi connectivity index (χ2n) is 15.1. The molecule has 2 atom stereocenters. The fraction of sp³-hybridized carbons (Fsp3) is 0.583. The van der Waals surface area contributed by atoms with E-state index in [0.717, 1.165) is 57.8 Å². The molecule has 0 aromatic carbocycles. The highest BCUT2D eigenvalue weighted by Crippen LogP contribution is 2.43. The van der Waals surface area contributed by atoms with Gasteiger partial charge in [-0.2, -0.15) is 0 Å². The van der Waals surface area contributed by atoms with E-state index in [1.807, 2.05) is 75.8 Å². The van der Waals surface area contributed by atoms with Gasteiger partial charge in [-0.15, -0.1) is 0 Å². The fourth-order valence-electron chi connectivity index (χ4n) is 5.03. The number of nitrogens with zero attached hydrogens (tertiary/aromatic N) is 1. The van der Waals surface area contributed by atoms with Crippen molar-refractivity contribution in [2.24, 2.45) is 0 Å². The van der Waals surface area contributed by atoms with Crippen molar-refractivity contribution < 1.29 is 42.1 Å². The molecular formula is C48H79NO8P+. The Labute approximate surface area is 353 Å². The average molecular weight is 829 g/mol. The van der Waals surface area contributed by atoms with Gasteiger partial charge in [0.1, 0.15) is 19.8 Å². The summed E-state index contributed by atoms with van der Waals surface area (Å²) < 4.78 is 34.1. The lowest BCUT2D eigenvalue weighted by molar-refractivity contribution is -0.870. The zero-order valence-electron chi connectivity index (χ0n) is 36.7. The Hall–Kier alpha value is -3.33. The Morgan fingerprint density at radius 1 is 0.569 bits per heavy atom. The van der Waals surface area contributed by atoms with Crippen LogP contribution in [-0.2, 0) is 32.7 Å². The van der Waals surface area contributed by atoms with Gasteiger partial charge in [-0.3, -0.25) is 18.6 Å². The van der Waals surface area contributed by atoms with Crippen LogP contribution in [0.3, 0.4) is 0 Å². The first-order chi connectivity index (χ1) is 28.0. The zero-order chi connectivity index (χ0) is 42.8.